The fourth-order valence-corrected chi connectivity index (χ4v) is 2.26. The van der Waals surface area contributed by atoms with E-state index in [0.29, 0.717) is 5.41 Å². The van der Waals surface area contributed by atoms with Crippen molar-refractivity contribution < 1.29 is 5.11 Å². The average molecular weight is 202 g/mol. The van der Waals surface area contributed by atoms with Crippen LogP contribution >= 0.6 is 0 Å². The summed E-state index contributed by atoms with van der Waals surface area (Å²) < 4.78 is 0. The van der Waals surface area contributed by atoms with Gasteiger partial charge in [-0.2, -0.15) is 0 Å². The fraction of sp³-hybridized carbons (Fsp3) is 0.429. The van der Waals surface area contributed by atoms with Crippen LogP contribution in [0.4, 0.5) is 0 Å². The van der Waals surface area contributed by atoms with Crippen LogP contribution in [0.3, 0.4) is 0 Å². The second kappa shape index (κ2) is 3.82. The first kappa shape index (κ1) is 10.4. The highest BCUT2D eigenvalue weighted by Crippen LogP contribution is 2.33. The number of aliphatic hydroxyl groups excluding tert-OH is 1. The van der Waals surface area contributed by atoms with E-state index in [1.165, 1.54) is 11.1 Å². The molecule has 2 rings (SSSR count). The van der Waals surface area contributed by atoms with Crippen molar-refractivity contribution in [3.8, 4) is 0 Å². The Morgan fingerprint density at radius 3 is 2.87 bits per heavy atom. The maximum absolute atomic E-state index is 9.28. The zero-order valence-corrected chi connectivity index (χ0v) is 9.46. The van der Waals surface area contributed by atoms with E-state index in [0.717, 1.165) is 18.4 Å². The highest BCUT2D eigenvalue weighted by atomic mass is 16.3. The van der Waals surface area contributed by atoms with Crippen molar-refractivity contribution in [2.45, 2.75) is 33.3 Å². The molecule has 0 spiro atoms. The van der Waals surface area contributed by atoms with Gasteiger partial charge >= 0.3 is 0 Å². The van der Waals surface area contributed by atoms with Crippen LogP contribution in [-0.4, -0.2) is 5.11 Å². The Hall–Kier alpha value is -1.08. The van der Waals surface area contributed by atoms with Crippen LogP contribution in [0.15, 0.2) is 24.3 Å². The van der Waals surface area contributed by atoms with Crippen molar-refractivity contribution in [3.63, 3.8) is 0 Å². The normalized spacial score (nSPS) is 18.3. The van der Waals surface area contributed by atoms with Gasteiger partial charge in [0.15, 0.2) is 0 Å². The number of hydrogen-bond acceptors (Lipinski definition) is 1. The third-order valence-electron chi connectivity index (χ3n) is 3.08. The topological polar surface area (TPSA) is 20.2 Å². The Morgan fingerprint density at radius 2 is 2.13 bits per heavy atom. The van der Waals surface area contributed by atoms with Crippen molar-refractivity contribution in [3.05, 3.63) is 41.0 Å². The summed E-state index contributed by atoms with van der Waals surface area (Å²) in [5.41, 5.74) is 3.96. The van der Waals surface area contributed by atoms with Crippen molar-refractivity contribution in [2.75, 3.05) is 0 Å². The summed E-state index contributed by atoms with van der Waals surface area (Å²) in [6.45, 7) is 4.71. The summed E-state index contributed by atoms with van der Waals surface area (Å²) in [6.07, 6.45) is 6.58. The molecular formula is C14H18O. The molecule has 0 aromatic heterocycles. The lowest BCUT2D eigenvalue weighted by atomic mass is 9.83. The maximum Gasteiger partial charge on any atom is 0.0687 e. The van der Waals surface area contributed by atoms with E-state index in [1.54, 1.807) is 0 Å². The molecule has 0 amide bonds. The van der Waals surface area contributed by atoms with E-state index in [4.69, 9.17) is 0 Å². The molecule has 0 fully saturated rings. The average Bonchev–Trinajstić information content (AvgIpc) is 2.33. The third kappa shape index (κ3) is 2.13. The first-order valence-electron chi connectivity index (χ1n) is 5.50. The van der Waals surface area contributed by atoms with Crippen molar-refractivity contribution in [1.29, 1.82) is 0 Å². The van der Waals surface area contributed by atoms with Crippen LogP contribution in [0.1, 0.15) is 37.0 Å². The molecule has 0 saturated carbocycles. The summed E-state index contributed by atoms with van der Waals surface area (Å²) in [6, 6.07) is 6.22. The molecule has 0 heterocycles. The van der Waals surface area contributed by atoms with E-state index < -0.39 is 0 Å². The van der Waals surface area contributed by atoms with Gasteiger partial charge in [-0.25, -0.2) is 0 Å². The van der Waals surface area contributed by atoms with Gasteiger partial charge < -0.3 is 5.11 Å². The lowest BCUT2D eigenvalue weighted by Gasteiger charge is -2.22. The maximum atomic E-state index is 9.28. The molecule has 1 heteroatoms. The smallest absolute Gasteiger partial charge is 0.0687 e. The zero-order valence-electron chi connectivity index (χ0n) is 9.46. The van der Waals surface area contributed by atoms with Crippen LogP contribution in [0.2, 0.25) is 0 Å². The quantitative estimate of drug-likeness (QED) is 0.741. The minimum absolute atomic E-state index is 0.133. The largest absolute Gasteiger partial charge is 0.392 e. The Morgan fingerprint density at radius 1 is 1.33 bits per heavy atom. The molecule has 0 aliphatic heterocycles. The highest BCUT2D eigenvalue weighted by Gasteiger charge is 2.21. The molecule has 0 atom stereocenters. The van der Waals surface area contributed by atoms with Gasteiger partial charge in [-0.1, -0.05) is 44.2 Å². The molecule has 0 radical (unpaired) electrons. The van der Waals surface area contributed by atoms with E-state index in [9.17, 15) is 5.11 Å². The monoisotopic (exact) mass is 202 g/mol. The number of hydrogen-bond donors (Lipinski definition) is 1. The van der Waals surface area contributed by atoms with E-state index in [2.05, 4.69) is 32.1 Å². The number of benzene rings is 1. The molecule has 1 aliphatic rings. The van der Waals surface area contributed by atoms with Gasteiger partial charge in [0, 0.05) is 0 Å². The van der Waals surface area contributed by atoms with Crippen LogP contribution in [0, 0.1) is 5.41 Å². The first-order valence-corrected chi connectivity index (χ1v) is 5.50. The SMILES string of the molecule is CC1(C)CC=Cc2c(CO)cccc2C1. The standard InChI is InChI=1S/C14H18O/c1-14(2)8-4-7-13-11(9-14)5-3-6-12(13)10-15/h3-7,15H,8-10H2,1-2H3. The molecule has 0 saturated heterocycles. The Kier molecular flexibility index (Phi) is 2.66. The number of rotatable bonds is 1. The Balaban J connectivity index is 2.49. The van der Waals surface area contributed by atoms with Gasteiger partial charge in [0.1, 0.15) is 0 Å². The predicted octanol–water partition coefficient (Wildman–Crippen LogP) is 3.16. The zero-order chi connectivity index (χ0) is 10.9. The number of fused-ring (bicyclic) bond motifs is 1. The Bertz CT molecular complexity index is 388. The van der Waals surface area contributed by atoms with E-state index in [-0.39, 0.29) is 6.61 Å². The van der Waals surface area contributed by atoms with E-state index >= 15 is 0 Å². The van der Waals surface area contributed by atoms with Gasteiger partial charge in [0.05, 0.1) is 6.61 Å². The summed E-state index contributed by atoms with van der Waals surface area (Å²) in [5.74, 6) is 0. The van der Waals surface area contributed by atoms with Gasteiger partial charge in [-0.15, -0.1) is 0 Å². The predicted molar refractivity (Wildman–Crippen MR) is 63.5 cm³/mol. The lowest BCUT2D eigenvalue weighted by Crippen LogP contribution is -2.13. The molecule has 1 aromatic carbocycles. The van der Waals surface area contributed by atoms with E-state index in [1.807, 2.05) is 12.1 Å². The van der Waals surface area contributed by atoms with Gasteiger partial charge in [-0.3, -0.25) is 0 Å². The summed E-state index contributed by atoms with van der Waals surface area (Å²) in [4.78, 5) is 0. The molecule has 1 nitrogen and oxygen atoms in total. The molecule has 15 heavy (non-hydrogen) atoms. The minimum Gasteiger partial charge on any atom is -0.392 e. The molecular weight excluding hydrogens is 184 g/mol. The summed E-state index contributed by atoms with van der Waals surface area (Å²) in [7, 11) is 0. The molecule has 1 N–H and O–H groups in total. The first-order chi connectivity index (χ1) is 7.12. The minimum atomic E-state index is 0.133. The third-order valence-corrected chi connectivity index (χ3v) is 3.08. The second-order valence-corrected chi connectivity index (χ2v) is 5.10. The van der Waals surface area contributed by atoms with Crippen molar-refractivity contribution in [2.24, 2.45) is 5.41 Å². The number of allylic oxidation sites excluding steroid dienone is 1. The molecule has 1 aromatic rings. The molecule has 80 valence electrons. The van der Waals surface area contributed by atoms with Crippen LogP contribution in [0.5, 0.6) is 0 Å². The van der Waals surface area contributed by atoms with Crippen LogP contribution < -0.4 is 0 Å². The van der Waals surface area contributed by atoms with Crippen LogP contribution in [-0.2, 0) is 13.0 Å². The lowest BCUT2D eigenvalue weighted by molar-refractivity contribution is 0.281. The fourth-order valence-electron chi connectivity index (χ4n) is 2.26. The molecule has 1 aliphatic carbocycles. The number of aliphatic hydroxyl groups is 1. The van der Waals surface area contributed by atoms with Crippen LogP contribution in [0.25, 0.3) is 6.08 Å². The van der Waals surface area contributed by atoms with Gasteiger partial charge in [0.2, 0.25) is 0 Å². The Labute approximate surface area is 91.4 Å². The van der Waals surface area contributed by atoms with Crippen molar-refractivity contribution in [1.82, 2.24) is 0 Å². The summed E-state index contributed by atoms with van der Waals surface area (Å²) >= 11 is 0. The van der Waals surface area contributed by atoms with Gasteiger partial charge in [-0.05, 0) is 34.9 Å². The second-order valence-electron chi connectivity index (χ2n) is 5.10. The highest BCUT2D eigenvalue weighted by molar-refractivity contribution is 5.59. The molecule has 0 bridgehead atoms. The molecule has 0 unspecified atom stereocenters. The van der Waals surface area contributed by atoms with Gasteiger partial charge in [0.25, 0.3) is 0 Å². The summed E-state index contributed by atoms with van der Waals surface area (Å²) in [5, 5.41) is 9.28. The van der Waals surface area contributed by atoms with Crippen molar-refractivity contribution >= 4 is 6.08 Å².